The predicted molar refractivity (Wildman–Crippen MR) is 116 cm³/mol. The Morgan fingerprint density at radius 2 is 1.87 bits per heavy atom. The average molecular weight is 431 g/mol. The van der Waals surface area contributed by atoms with Crippen molar-refractivity contribution in [2.24, 2.45) is 0 Å². The normalized spacial score (nSPS) is 15.7. The van der Waals surface area contributed by atoms with Gasteiger partial charge >= 0.3 is 0 Å². The highest BCUT2D eigenvalue weighted by molar-refractivity contribution is 7.98. The summed E-state index contributed by atoms with van der Waals surface area (Å²) < 4.78 is 17.0. The lowest BCUT2D eigenvalue weighted by Gasteiger charge is -2.27. The zero-order chi connectivity index (χ0) is 21.2. The minimum absolute atomic E-state index is 0.149. The Kier molecular flexibility index (Phi) is 8.26. The maximum atomic E-state index is 12.7. The van der Waals surface area contributed by atoms with Crippen molar-refractivity contribution in [2.45, 2.75) is 18.6 Å². The van der Waals surface area contributed by atoms with Crippen molar-refractivity contribution >= 4 is 23.6 Å². The number of hydrogen-bond donors (Lipinski definition) is 2. The van der Waals surface area contributed by atoms with Crippen molar-refractivity contribution in [2.75, 3.05) is 31.8 Å². The maximum Gasteiger partial charge on any atom is 0.258 e. The number of thioether (sulfide) groups is 1. The van der Waals surface area contributed by atoms with Crippen LogP contribution >= 0.6 is 11.8 Å². The second-order valence-electron chi connectivity index (χ2n) is 6.75. The zero-order valence-corrected chi connectivity index (χ0v) is 17.7. The highest BCUT2D eigenvalue weighted by atomic mass is 32.2. The molecule has 2 amide bonds. The van der Waals surface area contributed by atoms with Crippen LogP contribution in [0.15, 0.2) is 54.6 Å². The van der Waals surface area contributed by atoms with Gasteiger partial charge in [0.25, 0.3) is 5.91 Å². The van der Waals surface area contributed by atoms with Gasteiger partial charge in [0, 0.05) is 0 Å². The van der Waals surface area contributed by atoms with E-state index in [0.717, 1.165) is 5.75 Å². The van der Waals surface area contributed by atoms with E-state index in [9.17, 15) is 9.59 Å². The zero-order valence-electron chi connectivity index (χ0n) is 16.8. The molecule has 0 aliphatic carbocycles. The van der Waals surface area contributed by atoms with Gasteiger partial charge in [-0.1, -0.05) is 30.3 Å². The third-order valence-electron chi connectivity index (χ3n) is 4.45. The fourth-order valence-electron chi connectivity index (χ4n) is 2.91. The molecular weight excluding hydrogens is 404 g/mol. The largest absolute Gasteiger partial charge is 0.486 e. The number of rotatable bonds is 10. The van der Waals surface area contributed by atoms with Crippen LogP contribution in [0.1, 0.15) is 6.42 Å². The van der Waals surface area contributed by atoms with E-state index >= 15 is 0 Å². The fraction of sp³-hybridized carbons (Fsp3) is 0.364. The van der Waals surface area contributed by atoms with E-state index in [0.29, 0.717) is 36.8 Å². The first-order valence-electron chi connectivity index (χ1n) is 9.78. The summed E-state index contributed by atoms with van der Waals surface area (Å²) in [6.07, 6.45) is 2.19. The van der Waals surface area contributed by atoms with Gasteiger partial charge in [0.05, 0.1) is 6.54 Å². The number of carbonyl (C=O) groups excluding carboxylic acids is 2. The molecule has 1 aliphatic rings. The number of hydrogen-bond acceptors (Lipinski definition) is 6. The highest BCUT2D eigenvalue weighted by Gasteiger charge is 2.24. The third-order valence-corrected chi connectivity index (χ3v) is 5.09. The number of para-hydroxylation sites is 3. The van der Waals surface area contributed by atoms with Crippen LogP contribution in [0.2, 0.25) is 0 Å². The van der Waals surface area contributed by atoms with Gasteiger partial charge < -0.3 is 24.8 Å². The molecule has 8 heteroatoms. The molecule has 2 aromatic rings. The molecular formula is C22H26N2O5S. The SMILES string of the molecule is CSCC[C@@H](NC(=O)COc1ccccc1)C(=O)NC[C@H]1COc2ccccc2O1. The van der Waals surface area contributed by atoms with Gasteiger partial charge in [-0.05, 0) is 42.7 Å². The first kappa shape index (κ1) is 21.8. The van der Waals surface area contributed by atoms with E-state index in [1.54, 1.807) is 23.9 Å². The monoisotopic (exact) mass is 430 g/mol. The molecule has 0 spiro atoms. The van der Waals surface area contributed by atoms with E-state index in [1.165, 1.54) is 0 Å². The third kappa shape index (κ3) is 6.59. The molecule has 160 valence electrons. The van der Waals surface area contributed by atoms with E-state index in [4.69, 9.17) is 14.2 Å². The lowest BCUT2D eigenvalue weighted by molar-refractivity contribution is -0.130. The van der Waals surface area contributed by atoms with Gasteiger partial charge in [-0.15, -0.1) is 0 Å². The van der Waals surface area contributed by atoms with Crippen molar-refractivity contribution in [3.05, 3.63) is 54.6 Å². The van der Waals surface area contributed by atoms with Crippen LogP contribution in [0.3, 0.4) is 0 Å². The summed E-state index contributed by atoms with van der Waals surface area (Å²) in [4.78, 5) is 24.9. The molecule has 3 rings (SSSR count). The first-order chi connectivity index (χ1) is 14.7. The Labute approximate surface area is 180 Å². The molecule has 7 nitrogen and oxygen atoms in total. The molecule has 0 aromatic heterocycles. The molecule has 1 heterocycles. The Morgan fingerprint density at radius 1 is 1.13 bits per heavy atom. The molecule has 2 atom stereocenters. The number of fused-ring (bicyclic) bond motifs is 1. The lowest BCUT2D eigenvalue weighted by Crippen LogP contribution is -2.51. The minimum Gasteiger partial charge on any atom is -0.486 e. The smallest absolute Gasteiger partial charge is 0.258 e. The van der Waals surface area contributed by atoms with Gasteiger partial charge in [0.15, 0.2) is 18.1 Å². The van der Waals surface area contributed by atoms with Crippen LogP contribution in [0.5, 0.6) is 17.2 Å². The molecule has 0 radical (unpaired) electrons. The van der Waals surface area contributed by atoms with Gasteiger partial charge in [-0.25, -0.2) is 0 Å². The number of nitrogens with one attached hydrogen (secondary N) is 2. The number of ether oxygens (including phenoxy) is 3. The van der Waals surface area contributed by atoms with Crippen LogP contribution in [0.4, 0.5) is 0 Å². The number of carbonyl (C=O) groups is 2. The minimum atomic E-state index is -0.638. The van der Waals surface area contributed by atoms with Crippen molar-refractivity contribution < 1.29 is 23.8 Å². The van der Waals surface area contributed by atoms with Gasteiger partial charge in [0.2, 0.25) is 5.91 Å². The lowest BCUT2D eigenvalue weighted by atomic mass is 10.2. The molecule has 2 N–H and O–H groups in total. The second kappa shape index (κ2) is 11.3. The van der Waals surface area contributed by atoms with Crippen molar-refractivity contribution in [1.82, 2.24) is 10.6 Å². The molecule has 2 aromatic carbocycles. The molecule has 0 saturated heterocycles. The summed E-state index contributed by atoms with van der Waals surface area (Å²) in [5.41, 5.74) is 0. The van der Waals surface area contributed by atoms with Crippen molar-refractivity contribution in [3.8, 4) is 17.2 Å². The Bertz CT molecular complexity index is 833. The second-order valence-corrected chi connectivity index (χ2v) is 7.73. The van der Waals surface area contributed by atoms with Gasteiger partial charge in [-0.3, -0.25) is 9.59 Å². The van der Waals surface area contributed by atoms with Crippen LogP contribution in [-0.2, 0) is 9.59 Å². The molecule has 0 unspecified atom stereocenters. The van der Waals surface area contributed by atoms with Crippen LogP contribution in [0.25, 0.3) is 0 Å². The van der Waals surface area contributed by atoms with E-state index in [1.807, 2.05) is 48.7 Å². The van der Waals surface area contributed by atoms with Crippen molar-refractivity contribution in [1.29, 1.82) is 0 Å². The van der Waals surface area contributed by atoms with Crippen LogP contribution < -0.4 is 24.8 Å². The highest BCUT2D eigenvalue weighted by Crippen LogP contribution is 2.30. The standard InChI is InChI=1S/C22H26N2O5S/c1-30-12-11-18(24-21(25)15-27-16-7-3-2-4-8-16)22(26)23-13-17-14-28-19-9-5-6-10-20(19)29-17/h2-10,17-18H,11-15H2,1H3,(H,23,26)(H,24,25)/t17-,18+/m0/s1. The van der Waals surface area contributed by atoms with E-state index in [2.05, 4.69) is 10.6 Å². The number of amides is 2. The summed E-state index contributed by atoms with van der Waals surface area (Å²) in [5.74, 6) is 2.11. The summed E-state index contributed by atoms with van der Waals surface area (Å²) in [6.45, 7) is 0.493. The summed E-state index contributed by atoms with van der Waals surface area (Å²) in [7, 11) is 0. The average Bonchev–Trinajstić information content (AvgIpc) is 2.79. The topological polar surface area (TPSA) is 85.9 Å². The summed E-state index contributed by atoms with van der Waals surface area (Å²) in [6, 6.07) is 15.9. The number of benzene rings is 2. The Balaban J connectivity index is 1.47. The first-order valence-corrected chi connectivity index (χ1v) is 11.2. The molecule has 0 saturated carbocycles. The predicted octanol–water partition coefficient (Wildman–Crippen LogP) is 2.26. The van der Waals surface area contributed by atoms with E-state index in [-0.39, 0.29) is 24.5 Å². The molecule has 1 aliphatic heterocycles. The van der Waals surface area contributed by atoms with Crippen molar-refractivity contribution in [3.63, 3.8) is 0 Å². The van der Waals surface area contributed by atoms with Gasteiger partial charge in [-0.2, -0.15) is 11.8 Å². The summed E-state index contributed by atoms with van der Waals surface area (Å²) in [5, 5.41) is 5.63. The summed E-state index contributed by atoms with van der Waals surface area (Å²) >= 11 is 1.62. The maximum absolute atomic E-state index is 12.7. The van der Waals surface area contributed by atoms with Crippen LogP contribution in [-0.4, -0.2) is 55.7 Å². The quantitative estimate of drug-likeness (QED) is 0.601. The van der Waals surface area contributed by atoms with Crippen LogP contribution in [0, 0.1) is 0 Å². The van der Waals surface area contributed by atoms with E-state index < -0.39 is 6.04 Å². The Morgan fingerprint density at radius 3 is 2.63 bits per heavy atom. The Hall–Kier alpha value is -2.87. The fourth-order valence-corrected chi connectivity index (χ4v) is 3.38. The molecule has 0 bridgehead atoms. The molecule has 30 heavy (non-hydrogen) atoms. The molecule has 0 fully saturated rings. The van der Waals surface area contributed by atoms with Gasteiger partial charge in [0.1, 0.15) is 24.5 Å².